The lowest BCUT2D eigenvalue weighted by atomic mass is 10.1. The van der Waals surface area contributed by atoms with Crippen molar-refractivity contribution >= 4 is 74.1 Å². The summed E-state index contributed by atoms with van der Waals surface area (Å²) in [5.41, 5.74) is 1.37. The van der Waals surface area contributed by atoms with Crippen LogP contribution in [0.5, 0.6) is 11.5 Å². The summed E-state index contributed by atoms with van der Waals surface area (Å²) >= 11 is 16.6. The molecule has 8 nitrogen and oxygen atoms in total. The predicted molar refractivity (Wildman–Crippen MR) is 148 cm³/mol. The molecule has 198 valence electrons. The average Bonchev–Trinajstić information content (AvgIpc) is 3.45. The molecule has 0 spiro atoms. The Morgan fingerprint density at radius 1 is 1.13 bits per heavy atom. The zero-order chi connectivity index (χ0) is 27.4. The van der Waals surface area contributed by atoms with E-state index in [9.17, 15) is 14.4 Å². The minimum absolute atomic E-state index is 0.0149. The van der Waals surface area contributed by atoms with Crippen LogP contribution >= 0.6 is 50.9 Å². The monoisotopic (exact) mass is 639 g/mol. The molecule has 2 amide bonds. The summed E-state index contributed by atoms with van der Waals surface area (Å²) in [6.07, 6.45) is 1.60. The molecule has 2 aromatic carbocycles. The molecular weight excluding hydrogens is 621 g/mol. The molecule has 2 heterocycles. The summed E-state index contributed by atoms with van der Waals surface area (Å²) in [4.78, 5) is 38.4. The van der Waals surface area contributed by atoms with Gasteiger partial charge in [-0.25, -0.2) is 4.79 Å². The number of hydrogen-bond donors (Lipinski definition) is 0. The van der Waals surface area contributed by atoms with Crippen LogP contribution in [0, 0.1) is 0 Å². The number of rotatable bonds is 9. The van der Waals surface area contributed by atoms with Gasteiger partial charge in [0, 0.05) is 15.6 Å². The number of nitrogens with zero attached hydrogens (tertiary/aromatic N) is 1. The van der Waals surface area contributed by atoms with E-state index in [-0.39, 0.29) is 29.6 Å². The highest BCUT2D eigenvalue weighted by molar-refractivity contribution is 9.10. The number of halogens is 3. The molecule has 4 rings (SSSR count). The van der Waals surface area contributed by atoms with Gasteiger partial charge in [-0.1, -0.05) is 29.3 Å². The quantitative estimate of drug-likeness (QED) is 0.177. The second-order valence-corrected chi connectivity index (χ2v) is 10.5. The standard InChI is InChI=1S/C26H20BrCl2NO7S/c1-3-35-21-9-14(8-18(27)23(21)36-13-15-4-5-16(28)11-19(15)29)10-22-24(31)30(26(33)38-22)12-17-6-7-20(37-17)25(32)34-2/h4-11H,3,12-13H2,1-2H3/b22-10+. The van der Waals surface area contributed by atoms with E-state index < -0.39 is 17.1 Å². The number of carbonyl (C=O) groups excluding carboxylic acids is 3. The van der Waals surface area contributed by atoms with Gasteiger partial charge < -0.3 is 18.6 Å². The topological polar surface area (TPSA) is 95.3 Å². The van der Waals surface area contributed by atoms with Crippen LogP contribution in [0.2, 0.25) is 10.0 Å². The fourth-order valence-electron chi connectivity index (χ4n) is 3.48. The van der Waals surface area contributed by atoms with Crippen molar-refractivity contribution in [1.29, 1.82) is 0 Å². The molecule has 1 aliphatic rings. The van der Waals surface area contributed by atoms with Crippen molar-refractivity contribution in [3.8, 4) is 11.5 Å². The van der Waals surface area contributed by atoms with Crippen LogP contribution in [0.4, 0.5) is 4.79 Å². The van der Waals surface area contributed by atoms with Crippen molar-refractivity contribution in [3.63, 3.8) is 0 Å². The fourth-order valence-corrected chi connectivity index (χ4v) is 5.36. The summed E-state index contributed by atoms with van der Waals surface area (Å²) in [6.45, 7) is 2.28. The molecule has 0 saturated carbocycles. The first-order valence-corrected chi connectivity index (χ1v) is 13.5. The van der Waals surface area contributed by atoms with E-state index in [1.807, 2.05) is 6.92 Å². The Balaban J connectivity index is 1.53. The van der Waals surface area contributed by atoms with Crippen molar-refractivity contribution in [3.05, 3.63) is 84.5 Å². The normalized spacial score (nSPS) is 14.3. The van der Waals surface area contributed by atoms with E-state index in [1.54, 1.807) is 36.4 Å². The minimum Gasteiger partial charge on any atom is -0.490 e. The van der Waals surface area contributed by atoms with Gasteiger partial charge in [0.1, 0.15) is 12.4 Å². The lowest BCUT2D eigenvalue weighted by Gasteiger charge is -2.15. The van der Waals surface area contributed by atoms with E-state index in [0.717, 1.165) is 22.2 Å². The Hall–Kier alpha value is -2.92. The van der Waals surface area contributed by atoms with E-state index in [2.05, 4.69) is 20.7 Å². The van der Waals surface area contributed by atoms with Gasteiger partial charge in [0.15, 0.2) is 11.5 Å². The van der Waals surface area contributed by atoms with Gasteiger partial charge in [0.05, 0.1) is 29.6 Å². The molecule has 0 aliphatic carbocycles. The lowest BCUT2D eigenvalue weighted by molar-refractivity contribution is -0.123. The first kappa shape index (κ1) is 28.1. The molecule has 1 aromatic heterocycles. The van der Waals surface area contributed by atoms with Crippen molar-refractivity contribution in [1.82, 2.24) is 4.90 Å². The minimum atomic E-state index is -0.648. The van der Waals surface area contributed by atoms with E-state index in [1.165, 1.54) is 19.2 Å². The highest BCUT2D eigenvalue weighted by Gasteiger charge is 2.36. The largest absolute Gasteiger partial charge is 0.490 e. The third-order valence-corrected chi connectivity index (χ3v) is 7.34. The number of ether oxygens (including phenoxy) is 3. The summed E-state index contributed by atoms with van der Waals surface area (Å²) < 4.78 is 22.4. The van der Waals surface area contributed by atoms with Crippen molar-refractivity contribution < 1.29 is 33.0 Å². The number of imide groups is 1. The van der Waals surface area contributed by atoms with Crippen LogP contribution in [-0.2, 0) is 22.7 Å². The molecule has 0 bridgehead atoms. The van der Waals surface area contributed by atoms with Crippen LogP contribution in [0.3, 0.4) is 0 Å². The second kappa shape index (κ2) is 12.3. The lowest BCUT2D eigenvalue weighted by Crippen LogP contribution is -2.27. The SMILES string of the molecule is CCOc1cc(/C=C2/SC(=O)N(Cc3ccc(C(=O)OC)o3)C2=O)cc(Br)c1OCc1ccc(Cl)cc1Cl. The molecule has 0 unspecified atom stereocenters. The van der Waals surface area contributed by atoms with Gasteiger partial charge in [0.25, 0.3) is 11.1 Å². The van der Waals surface area contributed by atoms with Crippen LogP contribution in [0.1, 0.15) is 34.4 Å². The van der Waals surface area contributed by atoms with Crippen LogP contribution in [0.25, 0.3) is 6.08 Å². The molecule has 3 aromatic rings. The predicted octanol–water partition coefficient (Wildman–Crippen LogP) is 7.35. The first-order valence-electron chi connectivity index (χ1n) is 11.2. The van der Waals surface area contributed by atoms with Crippen LogP contribution in [0.15, 0.2) is 56.3 Å². The third-order valence-electron chi connectivity index (χ3n) is 5.25. The number of amides is 2. The molecule has 0 atom stereocenters. The number of thioether (sulfide) groups is 1. The van der Waals surface area contributed by atoms with E-state index in [0.29, 0.717) is 38.2 Å². The van der Waals surface area contributed by atoms with Gasteiger partial charge in [-0.2, -0.15) is 0 Å². The van der Waals surface area contributed by atoms with Gasteiger partial charge >= 0.3 is 5.97 Å². The van der Waals surface area contributed by atoms with Crippen LogP contribution < -0.4 is 9.47 Å². The average molecular weight is 641 g/mol. The van der Waals surface area contributed by atoms with E-state index in [4.69, 9.17) is 37.1 Å². The molecule has 1 aliphatic heterocycles. The maximum absolute atomic E-state index is 13.0. The number of benzene rings is 2. The Morgan fingerprint density at radius 2 is 1.92 bits per heavy atom. The van der Waals surface area contributed by atoms with Gasteiger partial charge in [-0.3, -0.25) is 14.5 Å². The summed E-state index contributed by atoms with van der Waals surface area (Å²) in [7, 11) is 1.23. The van der Waals surface area contributed by atoms with Gasteiger partial charge in [0.2, 0.25) is 5.76 Å². The number of esters is 1. The molecule has 38 heavy (non-hydrogen) atoms. The number of hydrogen-bond acceptors (Lipinski definition) is 8. The maximum Gasteiger partial charge on any atom is 0.373 e. The van der Waals surface area contributed by atoms with Crippen molar-refractivity contribution in [2.45, 2.75) is 20.1 Å². The number of carbonyl (C=O) groups is 3. The third kappa shape index (κ3) is 6.37. The molecule has 12 heteroatoms. The van der Waals surface area contributed by atoms with Gasteiger partial charge in [-0.15, -0.1) is 0 Å². The number of methoxy groups -OCH3 is 1. The fraction of sp³-hybridized carbons (Fsp3) is 0.192. The van der Waals surface area contributed by atoms with Crippen molar-refractivity contribution in [2.75, 3.05) is 13.7 Å². The zero-order valence-electron chi connectivity index (χ0n) is 20.1. The zero-order valence-corrected chi connectivity index (χ0v) is 24.0. The Bertz CT molecular complexity index is 1440. The highest BCUT2D eigenvalue weighted by Crippen LogP contribution is 2.40. The smallest absolute Gasteiger partial charge is 0.373 e. The highest BCUT2D eigenvalue weighted by atomic mass is 79.9. The molecular formula is C26H20BrCl2NO7S. The summed E-state index contributed by atoms with van der Waals surface area (Å²) in [5, 5.41) is 0.551. The summed E-state index contributed by atoms with van der Waals surface area (Å²) in [6, 6.07) is 11.6. The Kier molecular flexibility index (Phi) is 9.09. The maximum atomic E-state index is 13.0. The number of furan rings is 1. The van der Waals surface area contributed by atoms with Crippen molar-refractivity contribution in [2.24, 2.45) is 0 Å². The first-order chi connectivity index (χ1) is 18.2. The Morgan fingerprint density at radius 3 is 2.63 bits per heavy atom. The molecule has 0 N–H and O–H groups in total. The van der Waals surface area contributed by atoms with Gasteiger partial charge in [-0.05, 0) is 82.7 Å². The summed E-state index contributed by atoms with van der Waals surface area (Å²) in [5.74, 6) is 0.0368. The second-order valence-electron chi connectivity index (χ2n) is 7.81. The van der Waals surface area contributed by atoms with Crippen LogP contribution in [-0.4, -0.2) is 35.7 Å². The Labute approximate surface area is 240 Å². The molecule has 0 radical (unpaired) electrons. The molecule has 1 saturated heterocycles. The molecule has 1 fully saturated rings. The van der Waals surface area contributed by atoms with E-state index >= 15 is 0 Å².